The van der Waals surface area contributed by atoms with E-state index in [9.17, 15) is 0 Å². The molecule has 2 heteroatoms. The van der Waals surface area contributed by atoms with Gasteiger partial charge in [-0.05, 0) is 42.4 Å². The van der Waals surface area contributed by atoms with Gasteiger partial charge in [0.2, 0.25) is 0 Å². The van der Waals surface area contributed by atoms with Gasteiger partial charge in [0.15, 0.2) is 0 Å². The summed E-state index contributed by atoms with van der Waals surface area (Å²) in [6.45, 7) is 5.21. The third kappa shape index (κ3) is 2.19. The number of hydrogen-bond acceptors (Lipinski definition) is 0. The van der Waals surface area contributed by atoms with Crippen LogP contribution in [-0.4, -0.2) is 8.35 Å². The lowest BCUT2D eigenvalue weighted by Gasteiger charge is -2.54. The molecule has 3 atom stereocenters. The molecule has 0 aromatic carbocycles. The lowest BCUT2D eigenvalue weighted by Crippen LogP contribution is -2.48. The fourth-order valence-corrected chi connectivity index (χ4v) is 8.24. The van der Waals surface area contributed by atoms with Crippen LogP contribution in [0.25, 0.3) is 0 Å². The zero-order chi connectivity index (χ0) is 11.8. The van der Waals surface area contributed by atoms with Crippen molar-refractivity contribution in [2.75, 3.05) is 4.43 Å². The monoisotopic (exact) mass is 446 g/mol. The molecule has 16 heavy (non-hydrogen) atoms. The molecule has 2 aliphatic carbocycles. The Morgan fingerprint density at radius 2 is 1.69 bits per heavy atom. The van der Waals surface area contributed by atoms with Gasteiger partial charge in [-0.15, -0.1) is 0 Å². The van der Waals surface area contributed by atoms with E-state index in [0.717, 1.165) is 9.84 Å². The molecule has 0 amide bonds. The number of alkyl halides is 2. The van der Waals surface area contributed by atoms with Crippen molar-refractivity contribution in [3.05, 3.63) is 0 Å². The Hall–Kier alpha value is 1.46. The molecular formula is C14H24I2. The van der Waals surface area contributed by atoms with Crippen molar-refractivity contribution in [2.24, 2.45) is 16.7 Å². The van der Waals surface area contributed by atoms with Crippen LogP contribution in [0.5, 0.6) is 0 Å². The first-order valence-electron chi connectivity index (χ1n) is 6.73. The molecule has 94 valence electrons. The van der Waals surface area contributed by atoms with E-state index in [2.05, 4.69) is 59.0 Å². The Labute approximate surface area is 128 Å². The average molecular weight is 446 g/mol. The first-order chi connectivity index (χ1) is 7.53. The molecule has 2 saturated carbocycles. The van der Waals surface area contributed by atoms with Crippen LogP contribution >= 0.6 is 45.2 Å². The molecular weight excluding hydrogens is 422 g/mol. The van der Waals surface area contributed by atoms with E-state index in [1.165, 1.54) is 49.4 Å². The van der Waals surface area contributed by atoms with Crippen LogP contribution in [0, 0.1) is 16.7 Å². The second-order valence-electron chi connectivity index (χ2n) is 6.35. The van der Waals surface area contributed by atoms with Crippen LogP contribution < -0.4 is 0 Å². The maximum absolute atomic E-state index is 2.73. The van der Waals surface area contributed by atoms with Crippen molar-refractivity contribution < 1.29 is 0 Å². The summed E-state index contributed by atoms with van der Waals surface area (Å²) in [6, 6.07) is 0. The van der Waals surface area contributed by atoms with Gasteiger partial charge in [-0.25, -0.2) is 0 Å². The van der Waals surface area contributed by atoms with Gasteiger partial charge < -0.3 is 0 Å². The minimum absolute atomic E-state index is 0.620. The molecule has 0 spiro atoms. The van der Waals surface area contributed by atoms with Gasteiger partial charge in [0.25, 0.3) is 0 Å². The van der Waals surface area contributed by atoms with Gasteiger partial charge in [0.05, 0.1) is 0 Å². The molecule has 2 aliphatic rings. The van der Waals surface area contributed by atoms with Gasteiger partial charge in [-0.3, -0.25) is 0 Å². The standard InChI is InChI=1S/C14H24I2/c1-13(7-3-4-8-13)14(2)9-5-6-12(16)11(14)10-15/h11-12H,3-10H2,1-2H3. The summed E-state index contributed by atoms with van der Waals surface area (Å²) in [7, 11) is 0. The van der Waals surface area contributed by atoms with Crippen molar-refractivity contribution in [3.8, 4) is 0 Å². The summed E-state index contributed by atoms with van der Waals surface area (Å²) in [5.74, 6) is 0.950. The van der Waals surface area contributed by atoms with Gasteiger partial charge >= 0.3 is 0 Å². The van der Waals surface area contributed by atoms with Crippen molar-refractivity contribution in [3.63, 3.8) is 0 Å². The minimum atomic E-state index is 0.620. The van der Waals surface area contributed by atoms with Crippen molar-refractivity contribution in [1.82, 2.24) is 0 Å². The summed E-state index contributed by atoms with van der Waals surface area (Å²) < 4.78 is 2.28. The summed E-state index contributed by atoms with van der Waals surface area (Å²) in [4.78, 5) is 0. The molecule has 0 nitrogen and oxygen atoms in total. The van der Waals surface area contributed by atoms with Gasteiger partial charge in [0.1, 0.15) is 0 Å². The van der Waals surface area contributed by atoms with Gasteiger partial charge in [0, 0.05) is 8.35 Å². The SMILES string of the molecule is CC1(C2(C)CCCC(I)C2CI)CCCC1. The Kier molecular flexibility index (Phi) is 4.53. The zero-order valence-corrected chi connectivity index (χ0v) is 14.9. The van der Waals surface area contributed by atoms with Crippen LogP contribution in [0.2, 0.25) is 0 Å². The van der Waals surface area contributed by atoms with Crippen molar-refractivity contribution >= 4 is 45.2 Å². The fraction of sp³-hybridized carbons (Fsp3) is 1.00. The summed E-state index contributed by atoms with van der Waals surface area (Å²) in [5, 5.41) is 0. The molecule has 2 rings (SSSR count). The highest BCUT2D eigenvalue weighted by atomic mass is 127. The first-order valence-corrected chi connectivity index (χ1v) is 9.51. The average Bonchev–Trinajstić information content (AvgIpc) is 2.67. The van der Waals surface area contributed by atoms with Crippen LogP contribution in [0.15, 0.2) is 0 Å². The summed E-state index contributed by atoms with van der Waals surface area (Å²) in [6.07, 6.45) is 10.3. The largest absolute Gasteiger partial charge is 0.0860 e. The second-order valence-corrected chi connectivity index (χ2v) is 8.84. The van der Waals surface area contributed by atoms with E-state index in [-0.39, 0.29) is 0 Å². The van der Waals surface area contributed by atoms with E-state index in [1.807, 2.05) is 0 Å². The van der Waals surface area contributed by atoms with Crippen LogP contribution in [0.1, 0.15) is 58.8 Å². The van der Waals surface area contributed by atoms with Crippen LogP contribution in [-0.2, 0) is 0 Å². The maximum atomic E-state index is 2.73. The molecule has 2 fully saturated rings. The van der Waals surface area contributed by atoms with Crippen molar-refractivity contribution in [1.29, 1.82) is 0 Å². The lowest BCUT2D eigenvalue weighted by molar-refractivity contribution is -0.00677. The number of halogens is 2. The van der Waals surface area contributed by atoms with Crippen LogP contribution in [0.3, 0.4) is 0 Å². The molecule has 0 bridgehead atoms. The second kappa shape index (κ2) is 5.22. The molecule has 0 heterocycles. The summed E-state index contributed by atoms with van der Waals surface area (Å²) in [5.41, 5.74) is 1.27. The molecule has 0 aromatic rings. The Balaban J connectivity index is 2.26. The third-order valence-corrected chi connectivity index (χ3v) is 8.12. The first kappa shape index (κ1) is 13.9. The lowest BCUT2D eigenvalue weighted by atomic mass is 9.54. The quantitative estimate of drug-likeness (QED) is 0.382. The minimum Gasteiger partial charge on any atom is -0.0860 e. The Bertz CT molecular complexity index is 245. The molecule has 0 saturated heterocycles. The molecule has 0 aliphatic heterocycles. The molecule has 0 N–H and O–H groups in total. The zero-order valence-electron chi connectivity index (χ0n) is 10.6. The summed E-state index contributed by atoms with van der Waals surface area (Å²) >= 11 is 5.37. The number of hydrogen-bond donors (Lipinski definition) is 0. The molecule has 3 unspecified atom stereocenters. The van der Waals surface area contributed by atoms with Gasteiger partial charge in [-0.2, -0.15) is 0 Å². The smallest absolute Gasteiger partial charge is 0.0151 e. The van der Waals surface area contributed by atoms with E-state index in [0.29, 0.717) is 10.8 Å². The number of rotatable bonds is 2. The third-order valence-electron chi connectivity index (χ3n) is 5.68. The predicted molar refractivity (Wildman–Crippen MR) is 88.7 cm³/mol. The Morgan fingerprint density at radius 1 is 1.06 bits per heavy atom. The Morgan fingerprint density at radius 3 is 2.25 bits per heavy atom. The van der Waals surface area contributed by atoms with Crippen LogP contribution in [0.4, 0.5) is 0 Å². The highest BCUT2D eigenvalue weighted by Crippen LogP contribution is 2.60. The highest BCUT2D eigenvalue weighted by Gasteiger charge is 2.52. The van der Waals surface area contributed by atoms with E-state index >= 15 is 0 Å². The predicted octanol–water partition coefficient (Wildman–Crippen LogP) is 5.61. The fourth-order valence-electron chi connectivity index (χ4n) is 4.19. The maximum Gasteiger partial charge on any atom is 0.0151 e. The van der Waals surface area contributed by atoms with Crippen molar-refractivity contribution in [2.45, 2.75) is 62.7 Å². The normalized spacial score (nSPS) is 43.5. The molecule has 0 aromatic heterocycles. The van der Waals surface area contributed by atoms with E-state index in [4.69, 9.17) is 0 Å². The highest BCUT2D eigenvalue weighted by molar-refractivity contribution is 14.1. The topological polar surface area (TPSA) is 0 Å². The van der Waals surface area contributed by atoms with E-state index in [1.54, 1.807) is 0 Å². The molecule has 0 radical (unpaired) electrons. The van der Waals surface area contributed by atoms with E-state index < -0.39 is 0 Å². The van der Waals surface area contributed by atoms with Gasteiger partial charge in [-0.1, -0.05) is 78.3 Å².